The van der Waals surface area contributed by atoms with Gasteiger partial charge in [-0.05, 0) is 68.4 Å². The highest BCUT2D eigenvalue weighted by Gasteiger charge is 2.25. The zero-order chi connectivity index (χ0) is 24.1. The van der Waals surface area contributed by atoms with Crippen LogP contribution in [0.15, 0.2) is 51.4 Å². The van der Waals surface area contributed by atoms with Gasteiger partial charge >= 0.3 is 5.97 Å². The third kappa shape index (κ3) is 5.95. The van der Waals surface area contributed by atoms with Crippen molar-refractivity contribution >= 4 is 21.9 Å². The number of oxazole rings is 1. The summed E-state index contributed by atoms with van der Waals surface area (Å²) in [6, 6.07) is 13.5. The van der Waals surface area contributed by atoms with Gasteiger partial charge in [0.2, 0.25) is 5.89 Å². The number of carboxylic acid groups (broad SMARTS) is 1. The lowest BCUT2D eigenvalue weighted by molar-refractivity contribution is -0.0564. The van der Waals surface area contributed by atoms with Crippen molar-refractivity contribution in [2.24, 2.45) is 0 Å². The second-order valence-electron chi connectivity index (χ2n) is 8.67. The summed E-state index contributed by atoms with van der Waals surface area (Å²) in [7, 11) is 0. The maximum absolute atomic E-state index is 11.8. The fraction of sp³-hybridized carbons (Fsp3) is 0.407. The van der Waals surface area contributed by atoms with Gasteiger partial charge < -0.3 is 19.0 Å². The van der Waals surface area contributed by atoms with Gasteiger partial charge in [0.25, 0.3) is 0 Å². The number of aryl methyl sites for hydroxylation is 2. The molecule has 180 valence electrons. The van der Waals surface area contributed by atoms with Crippen molar-refractivity contribution in [2.75, 3.05) is 0 Å². The van der Waals surface area contributed by atoms with E-state index in [1.807, 2.05) is 56.3 Å². The Labute approximate surface area is 208 Å². The summed E-state index contributed by atoms with van der Waals surface area (Å²) < 4.78 is 19.2. The summed E-state index contributed by atoms with van der Waals surface area (Å²) in [5.41, 5.74) is 3.66. The van der Waals surface area contributed by atoms with Gasteiger partial charge in [-0.15, -0.1) is 0 Å². The number of benzene rings is 2. The fourth-order valence-corrected chi connectivity index (χ4v) is 4.86. The van der Waals surface area contributed by atoms with Gasteiger partial charge in [-0.3, -0.25) is 0 Å². The Morgan fingerprint density at radius 1 is 1.12 bits per heavy atom. The molecular formula is C27H30BrNO5. The van der Waals surface area contributed by atoms with Crippen LogP contribution in [0.2, 0.25) is 0 Å². The molecule has 2 atom stereocenters. The lowest BCUT2D eigenvalue weighted by Gasteiger charge is -2.29. The molecule has 6 nitrogen and oxygen atoms in total. The van der Waals surface area contributed by atoms with Crippen LogP contribution < -0.4 is 0 Å². The predicted octanol–water partition coefficient (Wildman–Crippen LogP) is 6.72. The number of rotatable bonds is 9. The third-order valence-electron chi connectivity index (χ3n) is 6.30. The van der Waals surface area contributed by atoms with Crippen LogP contribution in [-0.4, -0.2) is 28.3 Å². The van der Waals surface area contributed by atoms with Crippen LogP contribution in [0, 0.1) is 6.92 Å². The molecule has 0 bridgehead atoms. The average molecular weight is 528 g/mol. The number of halogens is 1. The van der Waals surface area contributed by atoms with Crippen molar-refractivity contribution in [1.82, 2.24) is 4.98 Å². The molecule has 4 rings (SSSR count). The molecule has 1 N–H and O–H groups in total. The first kappa shape index (κ1) is 24.6. The summed E-state index contributed by atoms with van der Waals surface area (Å²) >= 11 is 3.48. The van der Waals surface area contributed by atoms with Gasteiger partial charge in [-0.1, -0.05) is 47.1 Å². The molecule has 0 aliphatic heterocycles. The molecule has 3 aromatic rings. The summed E-state index contributed by atoms with van der Waals surface area (Å²) in [5.74, 6) is 0.451. The van der Waals surface area contributed by atoms with Crippen LogP contribution in [0.1, 0.15) is 65.5 Å². The van der Waals surface area contributed by atoms with Crippen molar-refractivity contribution in [3.05, 3.63) is 75.1 Å². The van der Waals surface area contributed by atoms with E-state index in [2.05, 4.69) is 20.9 Å². The van der Waals surface area contributed by atoms with E-state index in [1.165, 1.54) is 0 Å². The minimum absolute atomic E-state index is 0.0429. The Morgan fingerprint density at radius 3 is 2.53 bits per heavy atom. The van der Waals surface area contributed by atoms with E-state index in [9.17, 15) is 9.90 Å². The maximum Gasteiger partial charge on any atom is 0.336 e. The van der Waals surface area contributed by atoms with E-state index in [0.29, 0.717) is 31.1 Å². The molecule has 1 aliphatic carbocycles. The van der Waals surface area contributed by atoms with E-state index in [0.717, 1.165) is 58.3 Å². The smallest absolute Gasteiger partial charge is 0.336 e. The molecular weight excluding hydrogens is 498 g/mol. The molecule has 0 amide bonds. The zero-order valence-electron chi connectivity index (χ0n) is 19.6. The van der Waals surface area contributed by atoms with Gasteiger partial charge in [-0.25, -0.2) is 9.78 Å². The van der Waals surface area contributed by atoms with Crippen molar-refractivity contribution < 1.29 is 23.8 Å². The summed E-state index contributed by atoms with van der Waals surface area (Å²) in [4.78, 5) is 16.4. The molecule has 2 aromatic carbocycles. The number of nitrogens with zero attached hydrogens (tertiary/aromatic N) is 1. The Hall–Kier alpha value is -2.48. The normalized spacial score (nSPS) is 18.2. The highest BCUT2D eigenvalue weighted by atomic mass is 79.9. The first-order chi connectivity index (χ1) is 16.4. The summed E-state index contributed by atoms with van der Waals surface area (Å²) in [5, 5.41) is 9.65. The zero-order valence-corrected chi connectivity index (χ0v) is 21.1. The second-order valence-corrected chi connectivity index (χ2v) is 9.59. The van der Waals surface area contributed by atoms with Gasteiger partial charge in [0.05, 0.1) is 31.0 Å². The van der Waals surface area contributed by atoms with Crippen LogP contribution in [0.5, 0.6) is 0 Å². The number of carboxylic acids is 1. The highest BCUT2D eigenvalue weighted by molar-refractivity contribution is 9.10. The molecule has 1 saturated carbocycles. The lowest BCUT2D eigenvalue weighted by atomic mass is 9.94. The van der Waals surface area contributed by atoms with E-state index in [4.69, 9.17) is 13.9 Å². The van der Waals surface area contributed by atoms with Crippen molar-refractivity contribution in [3.8, 4) is 11.5 Å². The van der Waals surface area contributed by atoms with Crippen LogP contribution in [0.4, 0.5) is 0 Å². The van der Waals surface area contributed by atoms with Crippen molar-refractivity contribution in [1.29, 1.82) is 0 Å². The quantitative estimate of drug-likeness (QED) is 0.332. The number of hydrogen-bond acceptors (Lipinski definition) is 5. The third-order valence-corrected chi connectivity index (χ3v) is 6.80. The molecule has 1 heterocycles. The number of carbonyl (C=O) groups is 1. The molecule has 0 radical (unpaired) electrons. The van der Waals surface area contributed by atoms with E-state index >= 15 is 0 Å². The molecule has 0 saturated heterocycles. The van der Waals surface area contributed by atoms with Crippen LogP contribution in [0.25, 0.3) is 11.5 Å². The molecule has 1 aliphatic rings. The van der Waals surface area contributed by atoms with Gasteiger partial charge in [-0.2, -0.15) is 0 Å². The summed E-state index contributed by atoms with van der Waals surface area (Å²) in [6.45, 7) is 4.56. The average Bonchev–Trinajstić information content (AvgIpc) is 3.21. The molecule has 1 aromatic heterocycles. The monoisotopic (exact) mass is 527 g/mol. The number of aromatic nitrogens is 1. The minimum Gasteiger partial charge on any atom is -0.478 e. The first-order valence-corrected chi connectivity index (χ1v) is 12.5. The summed E-state index contributed by atoms with van der Waals surface area (Å²) in [6.07, 6.45) is 4.51. The molecule has 34 heavy (non-hydrogen) atoms. The molecule has 1 fully saturated rings. The van der Waals surface area contributed by atoms with Crippen LogP contribution >= 0.6 is 15.9 Å². The number of hydrogen-bond donors (Lipinski definition) is 1. The lowest BCUT2D eigenvalue weighted by Crippen LogP contribution is -2.28. The Morgan fingerprint density at radius 2 is 1.82 bits per heavy atom. The van der Waals surface area contributed by atoms with Crippen LogP contribution in [-0.2, 0) is 29.1 Å². The SMILES string of the molecule is CCc1cccc(COC2CCCC(OCc3nc(-c4cccc(Br)c4)oc3C)C2)c1C(=O)O. The first-order valence-electron chi connectivity index (χ1n) is 11.7. The maximum atomic E-state index is 11.8. The standard InChI is InChI=1S/C27H30BrNO5/c1-3-18-7-4-9-20(25(18)27(30)31)15-32-22-11-6-12-23(14-22)33-16-24-17(2)34-26(29-24)19-8-5-10-21(28)13-19/h4-5,7-10,13,22-23H,3,6,11-12,14-16H2,1-2H3,(H,30,31). The van der Waals surface area contributed by atoms with E-state index < -0.39 is 5.97 Å². The molecule has 7 heteroatoms. The largest absolute Gasteiger partial charge is 0.478 e. The van der Waals surface area contributed by atoms with Crippen molar-refractivity contribution in [3.63, 3.8) is 0 Å². The Balaban J connectivity index is 1.34. The van der Waals surface area contributed by atoms with E-state index in [1.54, 1.807) is 0 Å². The fourth-order valence-electron chi connectivity index (χ4n) is 4.46. The Bertz CT molecular complexity index is 1140. The number of ether oxygens (including phenoxy) is 2. The van der Waals surface area contributed by atoms with Gasteiger partial charge in [0.1, 0.15) is 11.5 Å². The second kappa shape index (κ2) is 11.3. The highest BCUT2D eigenvalue weighted by Crippen LogP contribution is 2.28. The van der Waals surface area contributed by atoms with Gasteiger partial charge in [0, 0.05) is 10.0 Å². The van der Waals surface area contributed by atoms with Gasteiger partial charge in [0.15, 0.2) is 0 Å². The molecule has 0 spiro atoms. The van der Waals surface area contributed by atoms with E-state index in [-0.39, 0.29) is 12.2 Å². The predicted molar refractivity (Wildman–Crippen MR) is 133 cm³/mol. The Kier molecular flexibility index (Phi) is 8.19. The minimum atomic E-state index is -0.897. The van der Waals surface area contributed by atoms with Crippen LogP contribution in [0.3, 0.4) is 0 Å². The number of aromatic carboxylic acids is 1. The van der Waals surface area contributed by atoms with Crippen molar-refractivity contribution in [2.45, 2.75) is 71.4 Å². The topological polar surface area (TPSA) is 81.8 Å². The molecule has 2 unspecified atom stereocenters.